The number of likely N-dealkylation sites (N-methyl/N-ethyl adjacent to an activating group) is 1. The van der Waals surface area contributed by atoms with Gasteiger partial charge >= 0.3 is 5.97 Å². The molecule has 0 aliphatic heterocycles. The van der Waals surface area contributed by atoms with Crippen LogP contribution in [0, 0.1) is 5.92 Å². The van der Waals surface area contributed by atoms with Gasteiger partial charge in [-0.15, -0.1) is 11.8 Å². The van der Waals surface area contributed by atoms with Crippen LogP contribution in [-0.4, -0.2) is 49.1 Å². The molecular formula is C13H24N2O3S. The number of carbonyl (C=O) groups is 2. The first-order chi connectivity index (χ1) is 8.96. The Morgan fingerprint density at radius 3 is 2.47 bits per heavy atom. The Hall–Kier alpha value is -0.750. The molecule has 2 N–H and O–H groups in total. The van der Waals surface area contributed by atoms with Gasteiger partial charge < -0.3 is 15.4 Å². The first-order valence-corrected chi connectivity index (χ1v) is 7.76. The number of ether oxygens (including phenoxy) is 1. The van der Waals surface area contributed by atoms with E-state index < -0.39 is 5.54 Å². The third-order valence-corrected chi connectivity index (χ3v) is 4.41. The minimum absolute atomic E-state index is 0.00525. The number of esters is 1. The molecule has 0 aromatic carbocycles. The van der Waals surface area contributed by atoms with E-state index in [1.54, 1.807) is 7.05 Å². The van der Waals surface area contributed by atoms with Gasteiger partial charge in [0.2, 0.25) is 5.91 Å². The zero-order chi connectivity index (χ0) is 14.5. The van der Waals surface area contributed by atoms with Crippen LogP contribution < -0.4 is 10.6 Å². The van der Waals surface area contributed by atoms with E-state index in [2.05, 4.69) is 10.6 Å². The van der Waals surface area contributed by atoms with Gasteiger partial charge in [0, 0.05) is 11.8 Å². The fourth-order valence-corrected chi connectivity index (χ4v) is 3.34. The monoisotopic (exact) mass is 288 g/mol. The van der Waals surface area contributed by atoms with Crippen molar-refractivity contribution in [3.05, 3.63) is 0 Å². The highest BCUT2D eigenvalue weighted by atomic mass is 32.2. The van der Waals surface area contributed by atoms with Gasteiger partial charge in [0.15, 0.2) is 0 Å². The maximum atomic E-state index is 12.0. The first-order valence-electron chi connectivity index (χ1n) is 6.60. The van der Waals surface area contributed by atoms with Crippen molar-refractivity contribution in [1.29, 1.82) is 0 Å². The lowest BCUT2D eigenvalue weighted by Crippen LogP contribution is -2.55. The molecule has 110 valence electrons. The fourth-order valence-electron chi connectivity index (χ4n) is 2.15. The van der Waals surface area contributed by atoms with E-state index in [9.17, 15) is 9.59 Å². The van der Waals surface area contributed by atoms with Gasteiger partial charge in [-0.2, -0.15) is 0 Å². The molecule has 1 saturated carbocycles. The first kappa shape index (κ1) is 16.3. The standard InChI is InChI=1S/C13H24N2O3S/c1-9(2)15-11(16)7-19-8-13(14-3,10-5-6-10)12(17)18-4/h9-10,14H,5-8H2,1-4H3,(H,15,16). The third kappa shape index (κ3) is 4.38. The lowest BCUT2D eigenvalue weighted by atomic mass is 9.96. The summed E-state index contributed by atoms with van der Waals surface area (Å²) in [6.45, 7) is 3.86. The van der Waals surface area contributed by atoms with E-state index in [4.69, 9.17) is 4.74 Å². The van der Waals surface area contributed by atoms with Crippen LogP contribution in [0.3, 0.4) is 0 Å². The summed E-state index contributed by atoms with van der Waals surface area (Å²) in [4.78, 5) is 23.6. The SMILES string of the molecule is CNC(CSCC(=O)NC(C)C)(C(=O)OC)C1CC1. The van der Waals surface area contributed by atoms with Crippen LogP contribution >= 0.6 is 11.8 Å². The van der Waals surface area contributed by atoms with Crippen LogP contribution in [0.1, 0.15) is 26.7 Å². The Kier molecular flexibility index (Phi) is 6.13. The molecule has 0 saturated heterocycles. The lowest BCUT2D eigenvalue weighted by molar-refractivity contribution is -0.148. The molecule has 1 rings (SSSR count). The molecule has 6 heteroatoms. The molecule has 1 fully saturated rings. The molecule has 1 aliphatic rings. The van der Waals surface area contributed by atoms with Gasteiger partial charge in [-0.05, 0) is 39.7 Å². The van der Waals surface area contributed by atoms with Crippen molar-refractivity contribution in [2.45, 2.75) is 38.3 Å². The molecule has 0 bridgehead atoms. The number of thioether (sulfide) groups is 1. The zero-order valence-corrected chi connectivity index (χ0v) is 12.9. The molecule has 0 aromatic rings. The second-order valence-corrected chi connectivity index (χ2v) is 6.19. The van der Waals surface area contributed by atoms with E-state index in [0.717, 1.165) is 12.8 Å². The van der Waals surface area contributed by atoms with Crippen molar-refractivity contribution in [3.8, 4) is 0 Å². The van der Waals surface area contributed by atoms with Gasteiger partial charge in [0.25, 0.3) is 0 Å². The van der Waals surface area contributed by atoms with Gasteiger partial charge in [-0.1, -0.05) is 0 Å². The molecule has 0 heterocycles. The second kappa shape index (κ2) is 7.14. The third-order valence-electron chi connectivity index (χ3n) is 3.28. The summed E-state index contributed by atoms with van der Waals surface area (Å²) >= 11 is 1.47. The van der Waals surface area contributed by atoms with Crippen molar-refractivity contribution in [3.63, 3.8) is 0 Å². The number of nitrogens with one attached hydrogen (secondary N) is 2. The molecule has 0 aromatic heterocycles. The highest BCUT2D eigenvalue weighted by molar-refractivity contribution is 8.00. The topological polar surface area (TPSA) is 67.4 Å². The summed E-state index contributed by atoms with van der Waals surface area (Å²) in [5, 5.41) is 5.95. The summed E-state index contributed by atoms with van der Waals surface area (Å²) in [5.74, 6) is 1.03. The number of carbonyl (C=O) groups excluding carboxylic acids is 2. The Balaban J connectivity index is 2.50. The average molecular weight is 288 g/mol. The van der Waals surface area contributed by atoms with Gasteiger partial charge in [0.05, 0.1) is 12.9 Å². The van der Waals surface area contributed by atoms with E-state index in [-0.39, 0.29) is 17.9 Å². The van der Waals surface area contributed by atoms with Crippen molar-refractivity contribution in [2.24, 2.45) is 5.92 Å². The molecule has 1 amide bonds. The molecule has 1 unspecified atom stereocenters. The number of methoxy groups -OCH3 is 1. The minimum atomic E-state index is -0.641. The molecule has 5 nitrogen and oxygen atoms in total. The molecule has 19 heavy (non-hydrogen) atoms. The maximum absolute atomic E-state index is 12.0. The zero-order valence-electron chi connectivity index (χ0n) is 12.1. The van der Waals surface area contributed by atoms with Crippen LogP contribution in [0.4, 0.5) is 0 Å². The molecule has 1 atom stereocenters. The summed E-state index contributed by atoms with van der Waals surface area (Å²) in [6.07, 6.45) is 2.07. The number of hydrogen-bond donors (Lipinski definition) is 2. The quantitative estimate of drug-likeness (QED) is 0.646. The minimum Gasteiger partial charge on any atom is -0.468 e. The van der Waals surface area contributed by atoms with Crippen molar-refractivity contribution in [2.75, 3.05) is 25.7 Å². The Morgan fingerprint density at radius 2 is 2.05 bits per heavy atom. The highest BCUT2D eigenvalue weighted by Gasteiger charge is 2.50. The maximum Gasteiger partial charge on any atom is 0.327 e. The lowest BCUT2D eigenvalue weighted by Gasteiger charge is -2.30. The van der Waals surface area contributed by atoms with Gasteiger partial charge in [-0.3, -0.25) is 9.59 Å². The largest absolute Gasteiger partial charge is 0.468 e. The molecule has 0 radical (unpaired) electrons. The normalized spacial score (nSPS) is 17.9. The number of hydrogen-bond acceptors (Lipinski definition) is 5. The summed E-state index contributed by atoms with van der Waals surface area (Å²) in [5.41, 5.74) is -0.641. The average Bonchev–Trinajstić information content (AvgIpc) is 3.17. The van der Waals surface area contributed by atoms with Crippen LogP contribution in [0.2, 0.25) is 0 Å². The molecule has 1 aliphatic carbocycles. The Bertz CT molecular complexity index is 332. The summed E-state index contributed by atoms with van der Waals surface area (Å²) in [7, 11) is 3.19. The second-order valence-electron chi connectivity index (χ2n) is 5.20. The predicted molar refractivity (Wildman–Crippen MR) is 77.1 cm³/mol. The van der Waals surface area contributed by atoms with Crippen LogP contribution in [-0.2, 0) is 14.3 Å². The molecular weight excluding hydrogens is 264 g/mol. The highest BCUT2D eigenvalue weighted by Crippen LogP contribution is 2.41. The van der Waals surface area contributed by atoms with E-state index in [1.807, 2.05) is 13.8 Å². The molecule has 0 spiro atoms. The van der Waals surface area contributed by atoms with Gasteiger partial charge in [0.1, 0.15) is 5.54 Å². The van der Waals surface area contributed by atoms with Crippen LogP contribution in [0.25, 0.3) is 0 Å². The van der Waals surface area contributed by atoms with E-state index in [0.29, 0.717) is 17.4 Å². The summed E-state index contributed by atoms with van der Waals surface area (Å²) in [6, 6.07) is 0.145. The van der Waals surface area contributed by atoms with E-state index >= 15 is 0 Å². The number of amides is 1. The predicted octanol–water partition coefficient (Wildman–Crippen LogP) is 0.785. The van der Waals surface area contributed by atoms with Crippen LogP contribution in [0.5, 0.6) is 0 Å². The fraction of sp³-hybridized carbons (Fsp3) is 0.846. The van der Waals surface area contributed by atoms with Crippen molar-refractivity contribution >= 4 is 23.6 Å². The number of rotatable bonds is 8. The van der Waals surface area contributed by atoms with Crippen LogP contribution in [0.15, 0.2) is 0 Å². The smallest absolute Gasteiger partial charge is 0.327 e. The Labute approximate surface area is 119 Å². The van der Waals surface area contributed by atoms with Crippen molar-refractivity contribution < 1.29 is 14.3 Å². The summed E-state index contributed by atoms with van der Waals surface area (Å²) < 4.78 is 4.91. The van der Waals surface area contributed by atoms with E-state index in [1.165, 1.54) is 18.9 Å². The van der Waals surface area contributed by atoms with Gasteiger partial charge in [-0.25, -0.2) is 0 Å². The van der Waals surface area contributed by atoms with Crippen molar-refractivity contribution in [1.82, 2.24) is 10.6 Å². The Morgan fingerprint density at radius 1 is 1.42 bits per heavy atom.